The van der Waals surface area contributed by atoms with Gasteiger partial charge in [0.1, 0.15) is 0 Å². The highest BCUT2D eigenvalue weighted by molar-refractivity contribution is 7.98. The number of fused-ring (bicyclic) bond motifs is 1. The summed E-state index contributed by atoms with van der Waals surface area (Å²) < 4.78 is 26.8. The van der Waals surface area contributed by atoms with Crippen molar-refractivity contribution < 1.29 is 18.6 Å². The van der Waals surface area contributed by atoms with Crippen LogP contribution in [0.15, 0.2) is 63.4 Å². The lowest BCUT2D eigenvalue weighted by atomic mass is 10.0. The van der Waals surface area contributed by atoms with Gasteiger partial charge in [-0.15, -0.1) is 0 Å². The van der Waals surface area contributed by atoms with Crippen LogP contribution < -0.4 is 10.3 Å². The van der Waals surface area contributed by atoms with Crippen LogP contribution in [-0.4, -0.2) is 47.9 Å². The highest BCUT2D eigenvalue weighted by atomic mass is 32.2. The van der Waals surface area contributed by atoms with Crippen molar-refractivity contribution in [2.24, 2.45) is 0 Å². The molecule has 1 aliphatic rings. The van der Waals surface area contributed by atoms with Gasteiger partial charge in [0.15, 0.2) is 5.16 Å². The van der Waals surface area contributed by atoms with Gasteiger partial charge in [0, 0.05) is 17.9 Å². The highest BCUT2D eigenvalue weighted by Crippen LogP contribution is 2.25. The van der Waals surface area contributed by atoms with E-state index in [0.29, 0.717) is 10.9 Å². The number of aromatic nitrogens is 2. The predicted octanol–water partition coefficient (Wildman–Crippen LogP) is 1.85. The second kappa shape index (κ2) is 10.2. The predicted molar refractivity (Wildman–Crippen MR) is 127 cm³/mol. The van der Waals surface area contributed by atoms with Crippen LogP contribution in [0.2, 0.25) is 0 Å². The minimum atomic E-state index is -3.77. The summed E-state index contributed by atoms with van der Waals surface area (Å²) in [7, 11) is -3.77. The molecule has 1 heterocycles. The van der Waals surface area contributed by atoms with Crippen LogP contribution in [0.4, 0.5) is 0 Å². The summed E-state index contributed by atoms with van der Waals surface area (Å²) >= 11 is 1.49. The number of benzene rings is 2. The molecule has 0 saturated carbocycles. The number of aryl methyl sites for hydroxylation is 1. The van der Waals surface area contributed by atoms with E-state index in [1.54, 1.807) is 12.1 Å². The van der Waals surface area contributed by atoms with Crippen LogP contribution in [0.5, 0.6) is 0 Å². The van der Waals surface area contributed by atoms with Crippen molar-refractivity contribution in [1.82, 2.24) is 14.7 Å². The zero-order chi connectivity index (χ0) is 23.4. The summed E-state index contributed by atoms with van der Waals surface area (Å²) in [5.41, 5.74) is 4.61. The Morgan fingerprint density at radius 1 is 1.06 bits per heavy atom. The quantitative estimate of drug-likeness (QED) is 0.267. The molecule has 1 atom stereocenters. The summed E-state index contributed by atoms with van der Waals surface area (Å²) in [6.45, 7) is -0.771. The molecule has 1 aromatic heterocycles. The lowest BCUT2D eigenvalue weighted by Gasteiger charge is -2.10. The number of nitrogens with one attached hydrogen (secondary N) is 2. The molecule has 0 spiro atoms. The number of hydrogen-bond donors (Lipinski definition) is 4. The fourth-order valence-corrected chi connectivity index (χ4v) is 5.52. The monoisotopic (exact) mass is 487 g/mol. The number of rotatable bonds is 9. The first kappa shape index (κ1) is 23.7. The van der Waals surface area contributed by atoms with Crippen molar-refractivity contribution in [1.29, 1.82) is 0 Å². The van der Waals surface area contributed by atoms with Crippen LogP contribution in [0.3, 0.4) is 0 Å². The van der Waals surface area contributed by atoms with Gasteiger partial charge in [-0.1, -0.05) is 48.2 Å². The molecule has 33 heavy (non-hydrogen) atoms. The van der Waals surface area contributed by atoms with E-state index in [9.17, 15) is 18.3 Å². The first-order chi connectivity index (χ1) is 15.9. The molecule has 10 heteroatoms. The van der Waals surface area contributed by atoms with Crippen LogP contribution in [-0.2, 0) is 28.6 Å². The number of sulfonamides is 1. The second-order valence-corrected chi connectivity index (χ2v) is 10.6. The molecule has 0 amide bonds. The molecule has 8 nitrogen and oxygen atoms in total. The van der Waals surface area contributed by atoms with E-state index in [-0.39, 0.29) is 17.0 Å². The average molecular weight is 488 g/mol. The molecule has 1 aliphatic carbocycles. The maximum Gasteiger partial charge on any atom is 0.254 e. The summed E-state index contributed by atoms with van der Waals surface area (Å²) in [6, 6.07) is 14.4. The molecule has 0 saturated heterocycles. The number of thioether (sulfide) groups is 1. The van der Waals surface area contributed by atoms with Crippen LogP contribution in [0.25, 0.3) is 11.1 Å². The summed E-state index contributed by atoms with van der Waals surface area (Å²) in [6.07, 6.45) is 1.51. The fourth-order valence-electron chi connectivity index (χ4n) is 3.61. The SMILES string of the molecule is O=c1[nH]c(SCc2ccc(-c3ccc(S(=O)(=O)NC[C@H](O)CO)cc3)cc2)nc2c1CCC2. The maximum atomic E-state index is 12.3. The van der Waals surface area contributed by atoms with E-state index in [0.717, 1.165) is 47.2 Å². The first-order valence-corrected chi connectivity index (χ1v) is 13.1. The Morgan fingerprint density at radius 3 is 2.39 bits per heavy atom. The van der Waals surface area contributed by atoms with Crippen molar-refractivity contribution in [3.05, 3.63) is 75.7 Å². The number of aliphatic hydroxyl groups excluding tert-OH is 2. The molecular weight excluding hydrogens is 462 g/mol. The van der Waals surface area contributed by atoms with Crippen molar-refractivity contribution in [2.45, 2.75) is 41.2 Å². The Bertz CT molecular complexity index is 1270. The average Bonchev–Trinajstić information content (AvgIpc) is 3.31. The van der Waals surface area contributed by atoms with Gasteiger partial charge in [-0.05, 0) is 48.1 Å². The highest BCUT2D eigenvalue weighted by Gasteiger charge is 2.17. The molecule has 3 aromatic rings. The standard InChI is InChI=1S/C23H25N3O5S2/c27-13-18(28)12-24-33(30,31)19-10-8-17(9-11-19)16-6-4-15(5-7-16)14-32-23-25-21-3-1-2-20(21)22(29)26-23/h4-11,18,24,27-28H,1-3,12-14H2,(H,25,26,29)/t18-/m0/s1. The number of nitrogens with zero attached hydrogens (tertiary/aromatic N) is 1. The second-order valence-electron chi connectivity index (χ2n) is 7.85. The molecule has 0 fully saturated rings. The zero-order valence-corrected chi connectivity index (χ0v) is 19.5. The Morgan fingerprint density at radius 2 is 1.73 bits per heavy atom. The minimum Gasteiger partial charge on any atom is -0.394 e. The third-order valence-electron chi connectivity index (χ3n) is 5.47. The van der Waals surface area contributed by atoms with E-state index in [1.807, 2.05) is 24.3 Å². The summed E-state index contributed by atoms with van der Waals surface area (Å²) in [4.78, 5) is 19.7. The number of hydrogen-bond acceptors (Lipinski definition) is 7. The summed E-state index contributed by atoms with van der Waals surface area (Å²) in [5, 5.41) is 18.8. The molecular formula is C23H25N3O5S2. The van der Waals surface area contributed by atoms with Crippen LogP contribution in [0.1, 0.15) is 23.2 Å². The van der Waals surface area contributed by atoms with E-state index < -0.39 is 22.7 Å². The molecule has 4 N–H and O–H groups in total. The van der Waals surface area contributed by atoms with Gasteiger partial charge in [-0.2, -0.15) is 0 Å². The Kier molecular flexibility index (Phi) is 7.30. The fraction of sp³-hybridized carbons (Fsp3) is 0.304. The third-order valence-corrected chi connectivity index (χ3v) is 7.85. The van der Waals surface area contributed by atoms with Gasteiger partial charge in [0.05, 0.1) is 23.3 Å². The van der Waals surface area contributed by atoms with Crippen molar-refractivity contribution in [3.8, 4) is 11.1 Å². The Balaban J connectivity index is 1.39. The molecule has 0 radical (unpaired) electrons. The van der Waals surface area contributed by atoms with E-state index >= 15 is 0 Å². The van der Waals surface area contributed by atoms with Crippen LogP contribution in [0, 0.1) is 0 Å². The topological polar surface area (TPSA) is 132 Å². The summed E-state index contributed by atoms with van der Waals surface area (Å²) in [5.74, 6) is 0.671. The van der Waals surface area contributed by atoms with Gasteiger partial charge < -0.3 is 15.2 Å². The minimum absolute atomic E-state index is 0.0272. The smallest absolute Gasteiger partial charge is 0.254 e. The Labute approximate surface area is 196 Å². The van der Waals surface area contributed by atoms with Crippen molar-refractivity contribution >= 4 is 21.8 Å². The van der Waals surface area contributed by atoms with Crippen molar-refractivity contribution in [2.75, 3.05) is 13.2 Å². The number of aliphatic hydroxyl groups is 2. The van der Waals surface area contributed by atoms with E-state index in [4.69, 9.17) is 5.11 Å². The maximum absolute atomic E-state index is 12.3. The normalized spacial score (nSPS) is 14.2. The van der Waals surface area contributed by atoms with Gasteiger partial charge in [0.2, 0.25) is 10.0 Å². The molecule has 174 valence electrons. The molecule has 0 unspecified atom stereocenters. The van der Waals surface area contributed by atoms with Gasteiger partial charge in [-0.3, -0.25) is 4.79 Å². The largest absolute Gasteiger partial charge is 0.394 e. The van der Waals surface area contributed by atoms with Crippen molar-refractivity contribution in [3.63, 3.8) is 0 Å². The Hall–Kier alpha value is -2.50. The lowest BCUT2D eigenvalue weighted by molar-refractivity contribution is 0.0988. The zero-order valence-electron chi connectivity index (χ0n) is 17.8. The van der Waals surface area contributed by atoms with Gasteiger partial charge in [-0.25, -0.2) is 18.1 Å². The molecule has 2 aromatic carbocycles. The molecule has 0 aliphatic heterocycles. The lowest BCUT2D eigenvalue weighted by Crippen LogP contribution is -2.33. The molecule has 0 bridgehead atoms. The van der Waals surface area contributed by atoms with E-state index in [2.05, 4.69) is 14.7 Å². The first-order valence-electron chi connectivity index (χ1n) is 10.6. The van der Waals surface area contributed by atoms with Gasteiger partial charge >= 0.3 is 0 Å². The van der Waals surface area contributed by atoms with Gasteiger partial charge in [0.25, 0.3) is 5.56 Å². The van der Waals surface area contributed by atoms with Crippen LogP contribution >= 0.6 is 11.8 Å². The van der Waals surface area contributed by atoms with E-state index in [1.165, 1.54) is 23.9 Å². The third kappa shape index (κ3) is 5.71. The molecule has 4 rings (SSSR count). The number of aromatic amines is 1. The number of H-pyrrole nitrogens is 1.